The number of anilines is 1. The van der Waals surface area contributed by atoms with E-state index >= 15 is 0 Å². The molecule has 0 aliphatic heterocycles. The van der Waals surface area contributed by atoms with Crippen LogP contribution in [-0.4, -0.2) is 24.1 Å². The van der Waals surface area contributed by atoms with Crippen LogP contribution >= 0.6 is 31.9 Å². The third kappa shape index (κ3) is 3.73. The van der Waals surface area contributed by atoms with Crippen LogP contribution in [0, 0.1) is 6.92 Å². The number of carboxylic acid groups (broad SMARTS) is 1. The quantitative estimate of drug-likeness (QED) is 0.731. The number of aromatic carboxylic acids is 1. The number of rotatable bonds is 4. The molecule has 7 heteroatoms. The molecule has 0 radical (unpaired) electrons. The molecule has 0 atom stereocenters. The summed E-state index contributed by atoms with van der Waals surface area (Å²) in [7, 11) is 1.47. The van der Waals surface area contributed by atoms with Crippen molar-refractivity contribution in [3.8, 4) is 5.75 Å². The van der Waals surface area contributed by atoms with E-state index in [2.05, 4.69) is 37.2 Å². The first-order valence-corrected chi connectivity index (χ1v) is 8.11. The van der Waals surface area contributed by atoms with Gasteiger partial charge in [0.2, 0.25) is 0 Å². The Morgan fingerprint density at radius 2 is 1.87 bits per heavy atom. The largest absolute Gasteiger partial charge is 0.495 e. The van der Waals surface area contributed by atoms with Gasteiger partial charge in [-0.05, 0) is 52.7 Å². The molecule has 0 bridgehead atoms. The van der Waals surface area contributed by atoms with E-state index in [4.69, 9.17) is 9.84 Å². The molecule has 2 N–H and O–H groups in total. The molecule has 2 aromatic rings. The van der Waals surface area contributed by atoms with Crippen LogP contribution in [0.4, 0.5) is 5.69 Å². The van der Waals surface area contributed by atoms with Crippen molar-refractivity contribution in [3.63, 3.8) is 0 Å². The lowest BCUT2D eigenvalue weighted by atomic mass is 10.1. The van der Waals surface area contributed by atoms with Crippen LogP contribution in [0.5, 0.6) is 5.75 Å². The van der Waals surface area contributed by atoms with E-state index < -0.39 is 11.9 Å². The minimum absolute atomic E-state index is 0.144. The standard InChI is InChI=1S/C16H13Br2NO4/c1-8-10(16(21)22)4-3-5-13(8)19-15(20)11-6-9(17)7-12(18)14(11)23-2/h3-7H,1-2H3,(H,19,20)(H,21,22). The zero-order valence-electron chi connectivity index (χ0n) is 12.3. The Hall–Kier alpha value is -1.86. The number of halogens is 2. The second-order valence-corrected chi connectivity index (χ2v) is 6.48. The van der Waals surface area contributed by atoms with Gasteiger partial charge in [0.05, 0.1) is 22.7 Å². The Morgan fingerprint density at radius 1 is 1.17 bits per heavy atom. The minimum atomic E-state index is -1.04. The molecule has 120 valence electrons. The predicted octanol–water partition coefficient (Wildman–Crippen LogP) is 4.48. The number of benzene rings is 2. The molecule has 1 amide bonds. The summed E-state index contributed by atoms with van der Waals surface area (Å²) in [5, 5.41) is 11.9. The first-order chi connectivity index (χ1) is 10.8. The summed E-state index contributed by atoms with van der Waals surface area (Å²) < 4.78 is 6.61. The molecule has 0 fully saturated rings. The average molecular weight is 443 g/mol. The molecule has 0 unspecified atom stereocenters. The van der Waals surface area contributed by atoms with Crippen LogP contribution in [-0.2, 0) is 0 Å². The lowest BCUT2D eigenvalue weighted by Crippen LogP contribution is -2.15. The van der Waals surface area contributed by atoms with Gasteiger partial charge < -0.3 is 15.2 Å². The molecule has 5 nitrogen and oxygen atoms in total. The summed E-state index contributed by atoms with van der Waals surface area (Å²) in [4.78, 5) is 23.7. The zero-order chi connectivity index (χ0) is 17.1. The van der Waals surface area contributed by atoms with Crippen LogP contribution in [0.3, 0.4) is 0 Å². The van der Waals surface area contributed by atoms with Crippen molar-refractivity contribution in [1.29, 1.82) is 0 Å². The lowest BCUT2D eigenvalue weighted by molar-refractivity contribution is 0.0695. The molecule has 0 heterocycles. The summed E-state index contributed by atoms with van der Waals surface area (Å²) in [6.45, 7) is 1.65. The van der Waals surface area contributed by atoms with Gasteiger partial charge in [-0.1, -0.05) is 22.0 Å². The van der Waals surface area contributed by atoms with E-state index in [0.717, 1.165) is 0 Å². The number of methoxy groups -OCH3 is 1. The van der Waals surface area contributed by atoms with E-state index in [0.29, 0.717) is 31.5 Å². The maximum atomic E-state index is 12.6. The van der Waals surface area contributed by atoms with Gasteiger partial charge in [-0.3, -0.25) is 4.79 Å². The second-order valence-electron chi connectivity index (χ2n) is 4.71. The van der Waals surface area contributed by atoms with Gasteiger partial charge in [-0.25, -0.2) is 4.79 Å². The molecule has 0 saturated heterocycles. The Bertz CT molecular complexity index is 790. The number of hydrogen-bond donors (Lipinski definition) is 2. The number of ether oxygens (including phenoxy) is 1. The number of nitrogens with one attached hydrogen (secondary N) is 1. The number of hydrogen-bond acceptors (Lipinski definition) is 3. The van der Waals surface area contributed by atoms with Gasteiger partial charge in [-0.15, -0.1) is 0 Å². The van der Waals surface area contributed by atoms with Crippen molar-refractivity contribution in [2.45, 2.75) is 6.92 Å². The van der Waals surface area contributed by atoms with Crippen molar-refractivity contribution in [2.75, 3.05) is 12.4 Å². The van der Waals surface area contributed by atoms with Gasteiger partial charge >= 0.3 is 5.97 Å². The molecule has 2 rings (SSSR count). The van der Waals surface area contributed by atoms with Crippen molar-refractivity contribution in [2.24, 2.45) is 0 Å². The average Bonchev–Trinajstić information content (AvgIpc) is 2.48. The number of carboxylic acids is 1. The first kappa shape index (κ1) is 17.5. The molecule has 0 spiro atoms. The highest BCUT2D eigenvalue weighted by atomic mass is 79.9. The topological polar surface area (TPSA) is 75.6 Å². The molecule has 2 aromatic carbocycles. The maximum Gasteiger partial charge on any atom is 0.336 e. The Labute approximate surface area is 149 Å². The van der Waals surface area contributed by atoms with Gasteiger partial charge in [0.15, 0.2) is 0 Å². The fourth-order valence-electron chi connectivity index (χ4n) is 2.13. The van der Waals surface area contributed by atoms with Gasteiger partial charge in [0, 0.05) is 10.2 Å². The van der Waals surface area contributed by atoms with E-state index in [1.54, 1.807) is 31.2 Å². The van der Waals surface area contributed by atoms with Crippen molar-refractivity contribution < 1.29 is 19.4 Å². The van der Waals surface area contributed by atoms with Crippen molar-refractivity contribution >= 4 is 49.4 Å². The monoisotopic (exact) mass is 441 g/mol. The third-order valence-corrected chi connectivity index (χ3v) is 4.32. The molecule has 0 saturated carbocycles. The Kier molecular flexibility index (Phi) is 5.43. The lowest BCUT2D eigenvalue weighted by Gasteiger charge is -2.14. The van der Waals surface area contributed by atoms with E-state index in [9.17, 15) is 9.59 Å². The highest BCUT2D eigenvalue weighted by Crippen LogP contribution is 2.33. The summed E-state index contributed by atoms with van der Waals surface area (Å²) in [6.07, 6.45) is 0. The van der Waals surface area contributed by atoms with Gasteiger partial charge in [0.1, 0.15) is 5.75 Å². The van der Waals surface area contributed by atoms with Crippen LogP contribution < -0.4 is 10.1 Å². The summed E-state index contributed by atoms with van der Waals surface area (Å²) in [5.41, 5.74) is 1.40. The van der Waals surface area contributed by atoms with E-state index in [1.807, 2.05) is 0 Å². The molecular weight excluding hydrogens is 430 g/mol. The molecular formula is C16H13Br2NO4. The smallest absolute Gasteiger partial charge is 0.336 e. The Morgan fingerprint density at radius 3 is 2.48 bits per heavy atom. The van der Waals surface area contributed by atoms with Gasteiger partial charge in [-0.2, -0.15) is 0 Å². The fraction of sp³-hybridized carbons (Fsp3) is 0.125. The number of amides is 1. The van der Waals surface area contributed by atoms with Crippen molar-refractivity contribution in [3.05, 3.63) is 56.0 Å². The summed E-state index contributed by atoms with van der Waals surface area (Å²) >= 11 is 6.68. The van der Waals surface area contributed by atoms with Crippen molar-refractivity contribution in [1.82, 2.24) is 0 Å². The first-order valence-electron chi connectivity index (χ1n) is 6.52. The highest BCUT2D eigenvalue weighted by molar-refractivity contribution is 9.11. The van der Waals surface area contributed by atoms with Crippen LogP contribution in [0.15, 0.2) is 39.3 Å². The predicted molar refractivity (Wildman–Crippen MR) is 94.5 cm³/mol. The highest BCUT2D eigenvalue weighted by Gasteiger charge is 2.18. The normalized spacial score (nSPS) is 10.3. The fourth-order valence-corrected chi connectivity index (χ4v) is 3.52. The molecule has 0 aliphatic carbocycles. The summed E-state index contributed by atoms with van der Waals surface area (Å²) in [6, 6.07) is 8.13. The van der Waals surface area contributed by atoms with Crippen LogP contribution in [0.1, 0.15) is 26.3 Å². The minimum Gasteiger partial charge on any atom is -0.495 e. The molecule has 23 heavy (non-hydrogen) atoms. The second kappa shape index (κ2) is 7.14. The van der Waals surface area contributed by atoms with E-state index in [1.165, 1.54) is 13.2 Å². The van der Waals surface area contributed by atoms with Crippen LogP contribution in [0.2, 0.25) is 0 Å². The SMILES string of the molecule is COc1c(Br)cc(Br)cc1C(=O)Nc1cccc(C(=O)O)c1C. The third-order valence-electron chi connectivity index (χ3n) is 3.27. The summed E-state index contributed by atoms with van der Waals surface area (Å²) in [5.74, 6) is -1.03. The maximum absolute atomic E-state index is 12.6. The van der Waals surface area contributed by atoms with E-state index in [-0.39, 0.29) is 5.56 Å². The van der Waals surface area contributed by atoms with Gasteiger partial charge in [0.25, 0.3) is 5.91 Å². The molecule has 0 aromatic heterocycles. The Balaban J connectivity index is 2.41. The zero-order valence-corrected chi connectivity index (χ0v) is 15.5. The van der Waals surface area contributed by atoms with Crippen LogP contribution in [0.25, 0.3) is 0 Å². The molecule has 0 aliphatic rings. The number of carbonyl (C=O) groups is 2. The number of carbonyl (C=O) groups excluding carboxylic acids is 1.